The zero-order chi connectivity index (χ0) is 17.6. The monoisotopic (exact) mass is 354 g/mol. The molecule has 0 amide bonds. The van der Waals surface area contributed by atoms with E-state index in [4.69, 9.17) is 10.5 Å². The Morgan fingerprint density at radius 3 is 2.83 bits per heavy atom. The number of nitrogens with one attached hydrogen (secondary N) is 1. The van der Waals surface area contributed by atoms with Crippen molar-refractivity contribution in [3.8, 4) is 0 Å². The van der Waals surface area contributed by atoms with Gasteiger partial charge in [-0.05, 0) is 19.3 Å². The fourth-order valence-corrected chi connectivity index (χ4v) is 4.05. The molecule has 1 aliphatic heterocycles. The Morgan fingerprint density at radius 2 is 2.21 bits per heavy atom. The standard InChI is InChI=1S/C15H22N4O4S/c1-4-6(2)9-5-8(7(3)20)13(23-9)19-11-10(24-15(19)22)12(21)18-14(16)17-11/h6-9,13,20H,4-5H2,1-3H3,(H3,16,17,18,21)/t6-,7+,8-,9-,13+/m0/s1. The van der Waals surface area contributed by atoms with Crippen LogP contribution in [0.5, 0.6) is 0 Å². The van der Waals surface area contributed by atoms with Gasteiger partial charge >= 0.3 is 4.87 Å². The molecule has 9 heteroatoms. The second kappa shape index (κ2) is 6.30. The average molecular weight is 354 g/mol. The summed E-state index contributed by atoms with van der Waals surface area (Å²) in [5.41, 5.74) is 5.40. The molecule has 3 heterocycles. The molecule has 5 atom stereocenters. The minimum Gasteiger partial charge on any atom is -0.393 e. The Kier molecular flexibility index (Phi) is 4.50. The Bertz CT molecular complexity index is 855. The molecule has 1 saturated heterocycles. The van der Waals surface area contributed by atoms with E-state index in [1.54, 1.807) is 6.92 Å². The van der Waals surface area contributed by atoms with Crippen LogP contribution in [0.25, 0.3) is 10.3 Å². The third-order valence-electron chi connectivity index (χ3n) is 4.83. The van der Waals surface area contributed by atoms with Gasteiger partial charge in [0, 0.05) is 5.92 Å². The lowest BCUT2D eigenvalue weighted by Gasteiger charge is -2.22. The number of aromatic amines is 1. The summed E-state index contributed by atoms with van der Waals surface area (Å²) >= 11 is 0.814. The van der Waals surface area contributed by atoms with E-state index in [1.807, 2.05) is 0 Å². The van der Waals surface area contributed by atoms with Gasteiger partial charge in [-0.1, -0.05) is 31.6 Å². The minimum atomic E-state index is -0.654. The van der Waals surface area contributed by atoms with Crippen LogP contribution in [0.2, 0.25) is 0 Å². The van der Waals surface area contributed by atoms with Crippen LogP contribution in [0.1, 0.15) is 39.8 Å². The average Bonchev–Trinajstić information content (AvgIpc) is 3.07. The first kappa shape index (κ1) is 17.1. The maximum absolute atomic E-state index is 12.5. The number of hydrogen-bond acceptors (Lipinski definition) is 7. The van der Waals surface area contributed by atoms with Crippen LogP contribution in [0.3, 0.4) is 0 Å². The molecular weight excluding hydrogens is 332 g/mol. The van der Waals surface area contributed by atoms with Gasteiger partial charge in [0.15, 0.2) is 5.65 Å². The molecule has 2 aromatic heterocycles. The van der Waals surface area contributed by atoms with Crippen molar-refractivity contribution in [3.63, 3.8) is 0 Å². The predicted molar refractivity (Wildman–Crippen MR) is 92.1 cm³/mol. The smallest absolute Gasteiger partial charge is 0.311 e. The summed E-state index contributed by atoms with van der Waals surface area (Å²) in [6, 6.07) is 0. The third-order valence-corrected chi connectivity index (χ3v) is 5.77. The minimum absolute atomic E-state index is 0.0517. The fourth-order valence-electron chi connectivity index (χ4n) is 3.21. The first-order valence-corrected chi connectivity index (χ1v) is 8.89. The van der Waals surface area contributed by atoms with Crippen LogP contribution in [0, 0.1) is 11.8 Å². The van der Waals surface area contributed by atoms with Gasteiger partial charge in [-0.2, -0.15) is 4.98 Å². The molecule has 8 nitrogen and oxygen atoms in total. The molecule has 1 aliphatic rings. The highest BCUT2D eigenvalue weighted by Crippen LogP contribution is 2.40. The van der Waals surface area contributed by atoms with Gasteiger partial charge in [-0.25, -0.2) is 0 Å². The number of H-pyrrole nitrogens is 1. The van der Waals surface area contributed by atoms with E-state index in [0.717, 1.165) is 17.8 Å². The lowest BCUT2D eigenvalue weighted by atomic mass is 9.92. The molecule has 0 bridgehead atoms. The van der Waals surface area contributed by atoms with Crippen molar-refractivity contribution in [1.29, 1.82) is 0 Å². The second-order valence-electron chi connectivity index (χ2n) is 6.43. The van der Waals surface area contributed by atoms with Crippen LogP contribution in [0.15, 0.2) is 9.59 Å². The summed E-state index contributed by atoms with van der Waals surface area (Å²) in [5.74, 6) is 0.00390. The lowest BCUT2D eigenvalue weighted by Crippen LogP contribution is -2.29. The Morgan fingerprint density at radius 1 is 1.50 bits per heavy atom. The summed E-state index contributed by atoms with van der Waals surface area (Å²) in [5, 5.41) is 10.2. The maximum Gasteiger partial charge on any atom is 0.311 e. The molecule has 0 unspecified atom stereocenters. The van der Waals surface area contributed by atoms with Crippen LogP contribution < -0.4 is 16.2 Å². The highest BCUT2D eigenvalue weighted by atomic mass is 32.1. The number of thiazole rings is 1. The van der Waals surface area contributed by atoms with Gasteiger partial charge in [0.25, 0.3) is 5.56 Å². The fraction of sp³-hybridized carbons (Fsp3) is 0.667. The molecule has 4 N–H and O–H groups in total. The Hall–Kier alpha value is -1.71. The zero-order valence-electron chi connectivity index (χ0n) is 13.9. The van der Waals surface area contributed by atoms with Crippen LogP contribution >= 0.6 is 11.3 Å². The SMILES string of the molecule is CC[C@H](C)[C@@H]1C[C@@H]([C@@H](C)O)[C@H](n2c(=O)sc3c(=O)[nH]c(N)nc32)O1. The first-order chi connectivity index (χ1) is 11.3. The first-order valence-electron chi connectivity index (χ1n) is 8.07. The van der Waals surface area contributed by atoms with E-state index in [-0.39, 0.29) is 33.2 Å². The van der Waals surface area contributed by atoms with Gasteiger partial charge in [-0.15, -0.1) is 0 Å². The van der Waals surface area contributed by atoms with Gasteiger partial charge in [0.05, 0.1) is 12.2 Å². The van der Waals surface area contributed by atoms with Crippen molar-refractivity contribution in [1.82, 2.24) is 14.5 Å². The summed E-state index contributed by atoms with van der Waals surface area (Å²) in [6.45, 7) is 5.85. The topological polar surface area (TPSA) is 123 Å². The normalized spacial score (nSPS) is 26.8. The number of nitrogens with two attached hydrogens (primary N) is 1. The molecule has 132 valence electrons. The van der Waals surface area contributed by atoms with Crippen LogP contribution in [-0.4, -0.2) is 31.8 Å². The molecule has 0 aliphatic carbocycles. The molecule has 0 spiro atoms. The molecule has 0 saturated carbocycles. The molecule has 0 aromatic carbocycles. The number of rotatable bonds is 4. The molecular formula is C15H22N4O4S. The number of fused-ring (bicyclic) bond motifs is 1. The third kappa shape index (κ3) is 2.76. The van der Waals surface area contributed by atoms with E-state index in [2.05, 4.69) is 23.8 Å². The Balaban J connectivity index is 2.13. The molecule has 3 rings (SSSR count). The second-order valence-corrected chi connectivity index (χ2v) is 7.39. The van der Waals surface area contributed by atoms with E-state index in [9.17, 15) is 14.7 Å². The highest BCUT2D eigenvalue weighted by Gasteiger charge is 2.42. The van der Waals surface area contributed by atoms with Crippen LogP contribution in [-0.2, 0) is 4.74 Å². The van der Waals surface area contributed by atoms with E-state index in [0.29, 0.717) is 12.3 Å². The number of anilines is 1. The highest BCUT2D eigenvalue weighted by molar-refractivity contribution is 7.16. The Labute approximate surface area is 142 Å². The molecule has 0 radical (unpaired) electrons. The number of aliphatic hydroxyl groups excluding tert-OH is 1. The van der Waals surface area contributed by atoms with E-state index in [1.165, 1.54) is 4.57 Å². The zero-order valence-corrected chi connectivity index (χ0v) is 14.7. The summed E-state index contributed by atoms with van der Waals surface area (Å²) in [6.07, 6.45) is 0.235. The summed E-state index contributed by atoms with van der Waals surface area (Å²) in [7, 11) is 0. The van der Waals surface area contributed by atoms with E-state index < -0.39 is 17.9 Å². The quantitative estimate of drug-likeness (QED) is 0.754. The summed E-state index contributed by atoms with van der Waals surface area (Å²) in [4.78, 5) is 30.7. The van der Waals surface area contributed by atoms with Crippen molar-refractivity contribution in [2.75, 3.05) is 5.73 Å². The number of nitrogen functional groups attached to an aromatic ring is 1. The number of nitrogens with zero attached hydrogens (tertiary/aromatic N) is 2. The number of ether oxygens (including phenoxy) is 1. The molecule has 1 fully saturated rings. The van der Waals surface area contributed by atoms with Gasteiger partial charge < -0.3 is 15.6 Å². The van der Waals surface area contributed by atoms with Gasteiger partial charge in [0.1, 0.15) is 10.9 Å². The van der Waals surface area contributed by atoms with Gasteiger partial charge in [-0.3, -0.25) is 19.1 Å². The number of aliphatic hydroxyl groups is 1. The number of aromatic nitrogens is 3. The molecule has 24 heavy (non-hydrogen) atoms. The van der Waals surface area contributed by atoms with Crippen LogP contribution in [0.4, 0.5) is 5.95 Å². The maximum atomic E-state index is 12.5. The van der Waals surface area contributed by atoms with Gasteiger partial charge in [0.2, 0.25) is 5.95 Å². The van der Waals surface area contributed by atoms with Crippen molar-refractivity contribution < 1.29 is 9.84 Å². The predicted octanol–water partition coefficient (Wildman–Crippen LogP) is 1.06. The largest absolute Gasteiger partial charge is 0.393 e. The van der Waals surface area contributed by atoms with E-state index >= 15 is 0 Å². The summed E-state index contributed by atoms with van der Waals surface area (Å²) < 4.78 is 7.70. The van der Waals surface area contributed by atoms with Crippen molar-refractivity contribution in [2.45, 2.75) is 52.0 Å². The van der Waals surface area contributed by atoms with Crippen molar-refractivity contribution in [3.05, 3.63) is 20.0 Å². The molecule has 2 aromatic rings. The van der Waals surface area contributed by atoms with Crippen molar-refractivity contribution >= 4 is 27.6 Å². The number of hydrogen-bond donors (Lipinski definition) is 3. The van der Waals surface area contributed by atoms with Crippen molar-refractivity contribution in [2.24, 2.45) is 11.8 Å². The lowest BCUT2D eigenvalue weighted by molar-refractivity contribution is -0.0477.